The van der Waals surface area contributed by atoms with Crippen molar-refractivity contribution < 1.29 is 0 Å². The topological polar surface area (TPSA) is 0 Å². The maximum absolute atomic E-state index is 3.92. The predicted molar refractivity (Wildman–Crippen MR) is 115 cm³/mol. The minimum atomic E-state index is 0.195. The Kier molecular flexibility index (Phi) is 17.1. The van der Waals surface area contributed by atoms with Crippen LogP contribution < -0.4 is 0 Å². The Hall–Kier alpha value is 0.960. The fraction of sp³-hybridized carbons (Fsp3) is 1.00. The lowest BCUT2D eigenvalue weighted by atomic mass is 9.96. The lowest BCUT2D eigenvalue weighted by Gasteiger charge is -2.22. The monoisotopic (exact) mass is 452 g/mol. The van der Waals surface area contributed by atoms with Crippen LogP contribution in [-0.2, 0) is 0 Å². The highest BCUT2D eigenvalue weighted by molar-refractivity contribution is 9.25. The molecule has 0 rings (SSSR count). The van der Waals surface area contributed by atoms with Crippen molar-refractivity contribution in [3.05, 3.63) is 0 Å². The van der Waals surface area contributed by atoms with Crippen LogP contribution in [0.3, 0.4) is 0 Å². The molecular formula is C21H42Br2. The zero-order valence-corrected chi connectivity index (χ0v) is 19.3. The van der Waals surface area contributed by atoms with Gasteiger partial charge in [0.25, 0.3) is 0 Å². The molecule has 0 fully saturated rings. The molecule has 23 heavy (non-hydrogen) atoms. The average Bonchev–Trinajstić information content (AvgIpc) is 2.52. The van der Waals surface area contributed by atoms with Crippen molar-refractivity contribution in [2.45, 2.75) is 127 Å². The quantitative estimate of drug-likeness (QED) is 0.152. The van der Waals surface area contributed by atoms with E-state index in [9.17, 15) is 0 Å². The van der Waals surface area contributed by atoms with Crippen LogP contribution in [0.5, 0.6) is 0 Å². The number of alkyl halides is 2. The van der Waals surface area contributed by atoms with Crippen molar-refractivity contribution in [1.29, 1.82) is 0 Å². The van der Waals surface area contributed by atoms with Crippen LogP contribution in [0.15, 0.2) is 0 Å². The third-order valence-corrected chi connectivity index (χ3v) is 6.54. The molecule has 0 aliphatic heterocycles. The lowest BCUT2D eigenvalue weighted by molar-refractivity contribution is 0.435. The molecule has 0 nitrogen and oxygen atoms in total. The third-order valence-electron chi connectivity index (χ3n) is 4.95. The van der Waals surface area contributed by atoms with Crippen LogP contribution in [0.1, 0.15) is 124 Å². The first-order valence-corrected chi connectivity index (χ1v) is 12.0. The number of rotatable bonds is 17. The molecule has 0 heterocycles. The zero-order valence-electron chi connectivity index (χ0n) is 16.1. The second-order valence-electron chi connectivity index (χ2n) is 7.57. The van der Waals surface area contributed by atoms with Gasteiger partial charge in [0.2, 0.25) is 0 Å². The first kappa shape index (κ1) is 24.0. The summed E-state index contributed by atoms with van der Waals surface area (Å²) in [7, 11) is 0. The van der Waals surface area contributed by atoms with Gasteiger partial charge in [-0.1, -0.05) is 136 Å². The van der Waals surface area contributed by atoms with Crippen molar-refractivity contribution in [2.75, 3.05) is 0 Å². The minimum absolute atomic E-state index is 0.195. The normalized spacial score (nSPS) is 13.4. The van der Waals surface area contributed by atoms with E-state index in [-0.39, 0.29) is 3.23 Å². The minimum Gasteiger partial charge on any atom is -0.0727 e. The van der Waals surface area contributed by atoms with Gasteiger partial charge in [-0.25, -0.2) is 0 Å². The summed E-state index contributed by atoms with van der Waals surface area (Å²) in [6, 6.07) is 0. The van der Waals surface area contributed by atoms with Gasteiger partial charge in [0.1, 0.15) is 0 Å². The second-order valence-corrected chi connectivity index (χ2v) is 11.7. The van der Waals surface area contributed by atoms with E-state index < -0.39 is 0 Å². The summed E-state index contributed by atoms with van der Waals surface area (Å²) in [5, 5.41) is 0. The smallest absolute Gasteiger partial charge is 0.0727 e. The number of halogens is 2. The van der Waals surface area contributed by atoms with Gasteiger partial charge in [-0.15, -0.1) is 0 Å². The van der Waals surface area contributed by atoms with E-state index in [0.717, 1.165) is 5.92 Å². The van der Waals surface area contributed by atoms with Gasteiger partial charge in [0.15, 0.2) is 0 Å². The molecule has 0 aromatic heterocycles. The van der Waals surface area contributed by atoms with Gasteiger partial charge in [-0.2, -0.15) is 0 Å². The Bertz CT molecular complexity index is 238. The highest BCUT2D eigenvalue weighted by Crippen LogP contribution is 2.38. The van der Waals surface area contributed by atoms with Crippen LogP contribution in [0.4, 0.5) is 0 Å². The Morgan fingerprint density at radius 1 is 0.609 bits per heavy atom. The average molecular weight is 454 g/mol. The Morgan fingerprint density at radius 3 is 1.65 bits per heavy atom. The van der Waals surface area contributed by atoms with E-state index in [0.29, 0.717) is 0 Å². The maximum atomic E-state index is 3.92. The molecule has 0 aliphatic carbocycles. The van der Waals surface area contributed by atoms with Gasteiger partial charge < -0.3 is 0 Å². The van der Waals surface area contributed by atoms with E-state index in [2.05, 4.69) is 52.6 Å². The van der Waals surface area contributed by atoms with Gasteiger partial charge in [0, 0.05) is 0 Å². The summed E-state index contributed by atoms with van der Waals surface area (Å²) in [4.78, 5) is 0. The first-order chi connectivity index (χ1) is 11.0. The van der Waals surface area contributed by atoms with Gasteiger partial charge in [0.05, 0.1) is 3.23 Å². The Morgan fingerprint density at radius 2 is 1.09 bits per heavy atom. The largest absolute Gasteiger partial charge is 0.0805 e. The molecule has 140 valence electrons. The Labute approximate surface area is 164 Å². The summed E-state index contributed by atoms with van der Waals surface area (Å²) in [6.07, 6.45) is 22.2. The summed E-state index contributed by atoms with van der Waals surface area (Å²) in [5.41, 5.74) is 0. The SMILES string of the molecule is CCCCCCCCCCCC(Br)(Br)CCC(C)CCCCC. The fourth-order valence-corrected chi connectivity index (χ4v) is 4.18. The molecule has 0 aliphatic rings. The molecule has 0 amide bonds. The van der Waals surface area contributed by atoms with Crippen molar-refractivity contribution in [3.63, 3.8) is 0 Å². The van der Waals surface area contributed by atoms with Gasteiger partial charge in [-0.3, -0.25) is 0 Å². The molecule has 0 saturated carbocycles. The summed E-state index contributed by atoms with van der Waals surface area (Å²) >= 11 is 7.84. The Balaban J connectivity index is 3.49. The summed E-state index contributed by atoms with van der Waals surface area (Å²) in [6.45, 7) is 7.00. The highest BCUT2D eigenvalue weighted by atomic mass is 79.9. The lowest BCUT2D eigenvalue weighted by Crippen LogP contribution is -2.13. The fourth-order valence-electron chi connectivity index (χ4n) is 3.16. The molecule has 0 saturated heterocycles. The van der Waals surface area contributed by atoms with Crippen LogP contribution in [0, 0.1) is 5.92 Å². The maximum Gasteiger partial charge on any atom is 0.0805 e. The van der Waals surface area contributed by atoms with Gasteiger partial charge >= 0.3 is 0 Å². The molecule has 0 bridgehead atoms. The van der Waals surface area contributed by atoms with Crippen LogP contribution >= 0.6 is 31.9 Å². The molecule has 0 spiro atoms. The highest BCUT2D eigenvalue weighted by Gasteiger charge is 2.22. The molecule has 0 aromatic rings. The van der Waals surface area contributed by atoms with Crippen LogP contribution in [-0.4, -0.2) is 3.23 Å². The predicted octanol–water partition coefficient (Wildman–Crippen LogP) is 9.39. The molecule has 2 heteroatoms. The summed E-state index contributed by atoms with van der Waals surface area (Å²) < 4.78 is 0.195. The number of hydrogen-bond donors (Lipinski definition) is 0. The second kappa shape index (κ2) is 16.4. The van der Waals surface area contributed by atoms with E-state index >= 15 is 0 Å². The standard InChI is InChI=1S/C21H42Br2/c1-4-6-8-9-10-11-12-13-15-18-21(22,23)19-17-20(3)16-14-7-5-2/h20H,4-19H2,1-3H3. The van der Waals surface area contributed by atoms with Crippen LogP contribution in [0.2, 0.25) is 0 Å². The van der Waals surface area contributed by atoms with Crippen molar-refractivity contribution in [2.24, 2.45) is 5.92 Å². The number of hydrogen-bond acceptors (Lipinski definition) is 0. The van der Waals surface area contributed by atoms with Crippen molar-refractivity contribution in [1.82, 2.24) is 0 Å². The molecule has 0 radical (unpaired) electrons. The molecule has 1 atom stereocenters. The zero-order chi connectivity index (χ0) is 17.4. The molecule has 0 aromatic carbocycles. The third kappa shape index (κ3) is 17.6. The van der Waals surface area contributed by atoms with Crippen molar-refractivity contribution >= 4 is 31.9 Å². The first-order valence-electron chi connectivity index (χ1n) is 10.4. The molecule has 0 N–H and O–H groups in total. The van der Waals surface area contributed by atoms with E-state index in [1.165, 1.54) is 103 Å². The van der Waals surface area contributed by atoms with E-state index in [1.54, 1.807) is 0 Å². The van der Waals surface area contributed by atoms with Gasteiger partial charge in [-0.05, 0) is 25.2 Å². The number of unbranched alkanes of at least 4 members (excludes halogenated alkanes) is 10. The molecular weight excluding hydrogens is 412 g/mol. The van der Waals surface area contributed by atoms with Crippen LogP contribution in [0.25, 0.3) is 0 Å². The van der Waals surface area contributed by atoms with Crippen molar-refractivity contribution in [3.8, 4) is 0 Å². The molecule has 1 unspecified atom stereocenters. The van der Waals surface area contributed by atoms with E-state index in [4.69, 9.17) is 0 Å². The summed E-state index contributed by atoms with van der Waals surface area (Å²) in [5.74, 6) is 0.874. The van der Waals surface area contributed by atoms with E-state index in [1.807, 2.05) is 0 Å².